The topological polar surface area (TPSA) is 237 Å². The monoisotopic (exact) mass is 388 g/mol. The third-order valence-corrected chi connectivity index (χ3v) is 3.28. The molecule has 0 fully saturated rings. The maximum Gasteiger partial charge on any atom is 0.326 e. The molecule has 13 nitrogen and oxygen atoms in total. The molecule has 27 heavy (non-hydrogen) atoms. The van der Waals surface area contributed by atoms with E-state index in [2.05, 4.69) is 16.0 Å². The predicted octanol–water partition coefficient (Wildman–Crippen LogP) is -4.36. The van der Waals surface area contributed by atoms with Gasteiger partial charge in [-0.2, -0.15) is 0 Å². The van der Waals surface area contributed by atoms with E-state index in [1.54, 1.807) is 0 Å². The molecule has 0 bridgehead atoms. The number of aliphatic carboxylic acids is 1. The fourth-order valence-electron chi connectivity index (χ4n) is 1.80. The zero-order valence-corrected chi connectivity index (χ0v) is 14.9. The van der Waals surface area contributed by atoms with Crippen LogP contribution in [-0.2, 0) is 28.8 Å². The summed E-state index contributed by atoms with van der Waals surface area (Å²) < 4.78 is 0. The van der Waals surface area contributed by atoms with Crippen molar-refractivity contribution in [3.8, 4) is 0 Å². The van der Waals surface area contributed by atoms with E-state index >= 15 is 0 Å². The quantitative estimate of drug-likeness (QED) is 0.182. The number of carboxylic acids is 1. The third kappa shape index (κ3) is 9.15. The summed E-state index contributed by atoms with van der Waals surface area (Å²) in [6.45, 7) is 2.58. The fraction of sp³-hybridized carbons (Fsp3) is 0.571. The highest BCUT2D eigenvalue weighted by atomic mass is 16.4. The van der Waals surface area contributed by atoms with Gasteiger partial charge in [-0.15, -0.1) is 0 Å². The summed E-state index contributed by atoms with van der Waals surface area (Å²) in [6, 6.07) is -5.06. The maximum atomic E-state index is 12.0. The van der Waals surface area contributed by atoms with Crippen molar-refractivity contribution in [3.63, 3.8) is 0 Å². The van der Waals surface area contributed by atoms with E-state index in [-0.39, 0.29) is 0 Å². The van der Waals surface area contributed by atoms with Crippen LogP contribution in [0.3, 0.4) is 0 Å². The first-order chi connectivity index (χ1) is 12.3. The van der Waals surface area contributed by atoms with Crippen molar-refractivity contribution in [1.82, 2.24) is 16.0 Å². The molecule has 0 heterocycles. The van der Waals surface area contributed by atoms with Gasteiger partial charge in [0.2, 0.25) is 29.5 Å². The second kappa shape index (κ2) is 10.7. The Hall–Kier alpha value is -3.22. The summed E-state index contributed by atoms with van der Waals surface area (Å²) >= 11 is 0. The molecule has 0 aliphatic carbocycles. The number of carbonyl (C=O) groups excluding carboxylic acids is 5. The molecule has 152 valence electrons. The molecule has 4 unspecified atom stereocenters. The fourth-order valence-corrected chi connectivity index (χ4v) is 1.80. The first-order valence-corrected chi connectivity index (χ1v) is 7.81. The van der Waals surface area contributed by atoms with Crippen molar-refractivity contribution in [2.45, 2.75) is 50.9 Å². The van der Waals surface area contributed by atoms with Crippen LogP contribution in [0.2, 0.25) is 0 Å². The van der Waals surface area contributed by atoms with Crippen LogP contribution in [-0.4, -0.2) is 64.8 Å². The minimum atomic E-state index is -1.54. The molecule has 0 saturated heterocycles. The Bertz CT molecular complexity index is 623. The number of carboxylic acid groups (broad SMARTS) is 1. The molecule has 0 aliphatic rings. The molecule has 0 radical (unpaired) electrons. The Morgan fingerprint density at radius 3 is 1.59 bits per heavy atom. The molecule has 0 saturated carbocycles. The lowest BCUT2D eigenvalue weighted by Crippen LogP contribution is -2.56. The van der Waals surface area contributed by atoms with Gasteiger partial charge in [-0.1, -0.05) is 0 Å². The Kier molecular flexibility index (Phi) is 9.42. The minimum absolute atomic E-state index is 0.407. The molecule has 0 rings (SSSR count). The van der Waals surface area contributed by atoms with Gasteiger partial charge in [0.25, 0.3) is 0 Å². The van der Waals surface area contributed by atoms with E-state index in [1.165, 1.54) is 13.8 Å². The van der Waals surface area contributed by atoms with Crippen molar-refractivity contribution in [2.75, 3.05) is 0 Å². The lowest BCUT2D eigenvalue weighted by atomic mass is 10.1. The van der Waals surface area contributed by atoms with E-state index in [1.807, 2.05) is 0 Å². The van der Waals surface area contributed by atoms with Crippen LogP contribution in [0.25, 0.3) is 0 Å². The van der Waals surface area contributed by atoms with Gasteiger partial charge in [-0.25, -0.2) is 4.79 Å². The smallest absolute Gasteiger partial charge is 0.326 e. The number of hydrogen-bond acceptors (Lipinski definition) is 7. The standard InChI is InChI=1S/C14H24N6O7/c1-5(19-13(25)7(15)3-9(16)21)11(23)18-6(2)12(24)20-8(14(26)27)4-10(17)22/h5-8H,3-4,15H2,1-2H3,(H2,16,21)(H2,17,22)(H,18,23)(H,19,25)(H,20,24)(H,26,27). The Labute approximate surface area is 154 Å². The van der Waals surface area contributed by atoms with Crippen molar-refractivity contribution in [3.05, 3.63) is 0 Å². The second-order valence-corrected chi connectivity index (χ2v) is 5.81. The molecular formula is C14H24N6O7. The van der Waals surface area contributed by atoms with Crippen molar-refractivity contribution >= 4 is 35.5 Å². The lowest BCUT2D eigenvalue weighted by molar-refractivity contribution is -0.143. The Morgan fingerprint density at radius 2 is 1.19 bits per heavy atom. The van der Waals surface area contributed by atoms with E-state index < -0.39 is 72.5 Å². The molecule has 5 amide bonds. The molecule has 0 spiro atoms. The molecule has 0 aromatic rings. The van der Waals surface area contributed by atoms with Crippen LogP contribution in [0.1, 0.15) is 26.7 Å². The van der Waals surface area contributed by atoms with Crippen LogP contribution >= 0.6 is 0 Å². The summed E-state index contributed by atoms with van der Waals surface area (Å²) in [5.74, 6) is -5.61. The van der Waals surface area contributed by atoms with Crippen LogP contribution in [0.4, 0.5) is 0 Å². The molecule has 13 heteroatoms. The minimum Gasteiger partial charge on any atom is -0.480 e. The highest BCUT2D eigenvalue weighted by molar-refractivity contribution is 5.95. The maximum absolute atomic E-state index is 12.0. The Balaban J connectivity index is 4.67. The number of nitrogens with one attached hydrogen (secondary N) is 3. The number of carbonyl (C=O) groups is 6. The van der Waals surface area contributed by atoms with Crippen molar-refractivity contribution in [1.29, 1.82) is 0 Å². The first kappa shape index (κ1) is 23.8. The Morgan fingerprint density at radius 1 is 0.778 bits per heavy atom. The number of hydrogen-bond donors (Lipinski definition) is 7. The summed E-state index contributed by atoms with van der Waals surface area (Å²) in [7, 11) is 0. The van der Waals surface area contributed by atoms with Gasteiger partial charge in [0, 0.05) is 0 Å². The summed E-state index contributed by atoms with van der Waals surface area (Å²) in [5, 5.41) is 15.5. The summed E-state index contributed by atoms with van der Waals surface area (Å²) in [4.78, 5) is 68.2. The number of primary amides is 2. The average Bonchev–Trinajstić information content (AvgIpc) is 2.52. The zero-order chi connectivity index (χ0) is 21.3. The van der Waals surface area contributed by atoms with Crippen LogP contribution in [0.5, 0.6) is 0 Å². The van der Waals surface area contributed by atoms with Crippen molar-refractivity contribution < 1.29 is 33.9 Å². The molecule has 4 atom stereocenters. The van der Waals surface area contributed by atoms with Gasteiger partial charge < -0.3 is 38.3 Å². The largest absolute Gasteiger partial charge is 0.480 e. The van der Waals surface area contributed by atoms with E-state index in [4.69, 9.17) is 22.3 Å². The van der Waals surface area contributed by atoms with Gasteiger partial charge in [0.15, 0.2) is 0 Å². The number of nitrogens with two attached hydrogens (primary N) is 3. The number of rotatable bonds is 11. The average molecular weight is 388 g/mol. The first-order valence-electron chi connectivity index (χ1n) is 7.81. The van der Waals surface area contributed by atoms with Gasteiger partial charge in [0.1, 0.15) is 18.1 Å². The molecule has 0 aliphatic heterocycles. The molecule has 10 N–H and O–H groups in total. The predicted molar refractivity (Wildman–Crippen MR) is 90.4 cm³/mol. The SMILES string of the molecule is CC(NC(=O)C(N)CC(N)=O)C(=O)NC(C)C(=O)NC(CC(N)=O)C(=O)O. The molecule has 0 aromatic carbocycles. The van der Waals surface area contributed by atoms with Crippen LogP contribution in [0, 0.1) is 0 Å². The summed E-state index contributed by atoms with van der Waals surface area (Å²) in [5.41, 5.74) is 15.3. The van der Waals surface area contributed by atoms with Crippen LogP contribution in [0.15, 0.2) is 0 Å². The lowest BCUT2D eigenvalue weighted by Gasteiger charge is -2.21. The van der Waals surface area contributed by atoms with Crippen molar-refractivity contribution in [2.24, 2.45) is 17.2 Å². The van der Waals surface area contributed by atoms with E-state index in [0.717, 1.165) is 0 Å². The van der Waals surface area contributed by atoms with Gasteiger partial charge in [-0.3, -0.25) is 24.0 Å². The summed E-state index contributed by atoms with van der Waals surface area (Å²) in [6.07, 6.45) is -1.03. The normalized spacial score (nSPS) is 14.8. The molecule has 0 aromatic heterocycles. The second-order valence-electron chi connectivity index (χ2n) is 5.81. The van der Waals surface area contributed by atoms with Gasteiger partial charge >= 0.3 is 5.97 Å². The van der Waals surface area contributed by atoms with Gasteiger partial charge in [0.05, 0.1) is 18.9 Å². The number of amides is 5. The van der Waals surface area contributed by atoms with Gasteiger partial charge in [-0.05, 0) is 13.8 Å². The molecular weight excluding hydrogens is 364 g/mol. The van der Waals surface area contributed by atoms with E-state index in [9.17, 15) is 28.8 Å². The highest BCUT2D eigenvalue weighted by Gasteiger charge is 2.27. The third-order valence-electron chi connectivity index (χ3n) is 3.28. The highest BCUT2D eigenvalue weighted by Crippen LogP contribution is 1.95. The van der Waals surface area contributed by atoms with E-state index in [0.29, 0.717) is 0 Å². The zero-order valence-electron chi connectivity index (χ0n) is 14.9. The van der Waals surface area contributed by atoms with Crippen LogP contribution < -0.4 is 33.2 Å².